The molecule has 1 rings (SSSR count). The van der Waals surface area contributed by atoms with Gasteiger partial charge in [-0.2, -0.15) is 5.26 Å². The standard InChI is InChI=1S/C9H4BrF2NO2/c10-6-2-1-4(9(14)15)5(3-13)7(6)8(11)12/h1-2,8H,(H,14,15). The molecule has 0 aliphatic carbocycles. The van der Waals surface area contributed by atoms with Crippen LogP contribution in [0.5, 0.6) is 0 Å². The summed E-state index contributed by atoms with van der Waals surface area (Å²) < 4.78 is 25.1. The second-order valence-corrected chi connectivity index (χ2v) is 3.46. The Morgan fingerprint density at radius 3 is 2.53 bits per heavy atom. The first-order valence-electron chi connectivity index (χ1n) is 3.73. The molecule has 0 heterocycles. The van der Waals surface area contributed by atoms with Crippen LogP contribution in [-0.4, -0.2) is 11.1 Å². The van der Waals surface area contributed by atoms with Crippen molar-refractivity contribution in [2.24, 2.45) is 0 Å². The van der Waals surface area contributed by atoms with Crippen molar-refractivity contribution in [1.82, 2.24) is 0 Å². The second-order valence-electron chi connectivity index (χ2n) is 2.60. The smallest absolute Gasteiger partial charge is 0.337 e. The summed E-state index contributed by atoms with van der Waals surface area (Å²) in [6.45, 7) is 0. The molecule has 0 saturated heterocycles. The van der Waals surface area contributed by atoms with E-state index in [0.29, 0.717) is 0 Å². The maximum absolute atomic E-state index is 12.5. The summed E-state index contributed by atoms with van der Waals surface area (Å²) in [6, 6.07) is 3.77. The van der Waals surface area contributed by atoms with E-state index in [1.54, 1.807) is 0 Å². The van der Waals surface area contributed by atoms with E-state index in [2.05, 4.69) is 15.9 Å². The van der Waals surface area contributed by atoms with E-state index in [4.69, 9.17) is 10.4 Å². The van der Waals surface area contributed by atoms with Crippen LogP contribution in [0, 0.1) is 11.3 Å². The lowest BCUT2D eigenvalue weighted by molar-refractivity contribution is 0.0696. The Morgan fingerprint density at radius 1 is 1.53 bits per heavy atom. The third-order valence-corrected chi connectivity index (χ3v) is 2.44. The van der Waals surface area contributed by atoms with E-state index in [9.17, 15) is 13.6 Å². The maximum atomic E-state index is 12.5. The third-order valence-electron chi connectivity index (χ3n) is 1.75. The highest BCUT2D eigenvalue weighted by molar-refractivity contribution is 9.10. The quantitative estimate of drug-likeness (QED) is 0.903. The average Bonchev–Trinajstić information content (AvgIpc) is 2.15. The monoisotopic (exact) mass is 275 g/mol. The molecule has 0 bridgehead atoms. The molecule has 0 fully saturated rings. The Kier molecular flexibility index (Phi) is 3.37. The molecule has 0 unspecified atom stereocenters. The van der Waals surface area contributed by atoms with Crippen LogP contribution in [0.3, 0.4) is 0 Å². The van der Waals surface area contributed by atoms with Crippen molar-refractivity contribution < 1.29 is 18.7 Å². The topological polar surface area (TPSA) is 61.1 Å². The number of nitrogens with zero attached hydrogens (tertiary/aromatic N) is 1. The van der Waals surface area contributed by atoms with Crippen LogP contribution in [-0.2, 0) is 0 Å². The molecular weight excluding hydrogens is 272 g/mol. The number of carboxylic acid groups (broad SMARTS) is 1. The van der Waals surface area contributed by atoms with Crippen molar-refractivity contribution in [1.29, 1.82) is 5.26 Å². The van der Waals surface area contributed by atoms with Gasteiger partial charge in [0.1, 0.15) is 6.07 Å². The van der Waals surface area contributed by atoms with Crippen molar-refractivity contribution in [2.75, 3.05) is 0 Å². The minimum Gasteiger partial charge on any atom is -0.478 e. The summed E-state index contributed by atoms with van der Waals surface area (Å²) in [5, 5.41) is 17.3. The van der Waals surface area contributed by atoms with Crippen molar-refractivity contribution in [2.45, 2.75) is 6.43 Å². The zero-order valence-electron chi connectivity index (χ0n) is 7.17. The van der Waals surface area contributed by atoms with Crippen molar-refractivity contribution in [3.8, 4) is 6.07 Å². The van der Waals surface area contributed by atoms with Gasteiger partial charge < -0.3 is 5.11 Å². The lowest BCUT2D eigenvalue weighted by atomic mass is 10.0. The van der Waals surface area contributed by atoms with Gasteiger partial charge in [0.25, 0.3) is 6.43 Å². The number of hydrogen-bond donors (Lipinski definition) is 1. The minimum atomic E-state index is -2.90. The molecule has 0 radical (unpaired) electrons. The van der Waals surface area contributed by atoms with Gasteiger partial charge in [0.15, 0.2) is 0 Å². The molecule has 15 heavy (non-hydrogen) atoms. The first kappa shape index (κ1) is 11.6. The summed E-state index contributed by atoms with van der Waals surface area (Å²) in [6.07, 6.45) is -2.90. The third kappa shape index (κ3) is 2.13. The lowest BCUT2D eigenvalue weighted by Gasteiger charge is -2.07. The fourth-order valence-corrected chi connectivity index (χ4v) is 1.61. The molecule has 0 aliphatic rings. The molecule has 0 saturated carbocycles. The van der Waals surface area contributed by atoms with Gasteiger partial charge >= 0.3 is 5.97 Å². The summed E-state index contributed by atoms with van der Waals surface area (Å²) in [5.41, 5.74) is -1.51. The van der Waals surface area contributed by atoms with Gasteiger partial charge in [-0.15, -0.1) is 0 Å². The molecule has 78 valence electrons. The minimum absolute atomic E-state index is 0.0269. The fourth-order valence-electron chi connectivity index (χ4n) is 1.11. The molecule has 3 nitrogen and oxygen atoms in total. The number of halogens is 3. The summed E-state index contributed by atoms with van der Waals surface area (Å²) >= 11 is 2.85. The molecule has 0 amide bonds. The summed E-state index contributed by atoms with van der Waals surface area (Å²) in [4.78, 5) is 10.7. The van der Waals surface area contributed by atoms with Gasteiger partial charge in [-0.3, -0.25) is 0 Å². The number of rotatable bonds is 2. The van der Waals surface area contributed by atoms with E-state index < -0.39 is 29.1 Å². The van der Waals surface area contributed by atoms with Gasteiger partial charge in [-0.25, -0.2) is 13.6 Å². The first-order valence-corrected chi connectivity index (χ1v) is 4.52. The largest absolute Gasteiger partial charge is 0.478 e. The number of hydrogen-bond acceptors (Lipinski definition) is 2. The van der Waals surface area contributed by atoms with E-state index in [0.717, 1.165) is 6.07 Å². The van der Waals surface area contributed by atoms with Crippen LogP contribution in [0.25, 0.3) is 0 Å². The fraction of sp³-hybridized carbons (Fsp3) is 0.111. The highest BCUT2D eigenvalue weighted by Crippen LogP contribution is 2.32. The zero-order chi connectivity index (χ0) is 11.6. The zero-order valence-corrected chi connectivity index (χ0v) is 8.75. The highest BCUT2D eigenvalue weighted by atomic mass is 79.9. The maximum Gasteiger partial charge on any atom is 0.337 e. The molecule has 6 heteroatoms. The Labute approximate surface area is 92.1 Å². The highest BCUT2D eigenvalue weighted by Gasteiger charge is 2.22. The normalized spacial score (nSPS) is 10.1. The van der Waals surface area contributed by atoms with E-state index in [-0.39, 0.29) is 4.47 Å². The number of nitriles is 1. The van der Waals surface area contributed by atoms with Crippen LogP contribution in [0.2, 0.25) is 0 Å². The number of benzene rings is 1. The molecule has 1 N–H and O–H groups in total. The van der Waals surface area contributed by atoms with Crippen molar-refractivity contribution >= 4 is 21.9 Å². The van der Waals surface area contributed by atoms with E-state index in [1.807, 2.05) is 0 Å². The van der Waals surface area contributed by atoms with Crippen LogP contribution in [0.4, 0.5) is 8.78 Å². The van der Waals surface area contributed by atoms with Gasteiger partial charge in [-0.1, -0.05) is 15.9 Å². The van der Waals surface area contributed by atoms with E-state index in [1.165, 1.54) is 12.1 Å². The molecule has 0 aliphatic heterocycles. The number of carboxylic acids is 1. The number of aromatic carboxylic acids is 1. The molecule has 0 spiro atoms. The SMILES string of the molecule is N#Cc1c(C(=O)O)ccc(Br)c1C(F)F. The molecular formula is C9H4BrF2NO2. The molecule has 0 atom stereocenters. The van der Waals surface area contributed by atoms with Gasteiger partial charge in [0.2, 0.25) is 0 Å². The lowest BCUT2D eigenvalue weighted by Crippen LogP contribution is -2.04. The Balaban J connectivity index is 3.56. The van der Waals surface area contributed by atoms with Gasteiger partial charge in [-0.05, 0) is 12.1 Å². The van der Waals surface area contributed by atoms with E-state index >= 15 is 0 Å². The predicted octanol–water partition coefficient (Wildman–Crippen LogP) is 2.96. The second kappa shape index (κ2) is 4.36. The molecule has 1 aromatic carbocycles. The van der Waals surface area contributed by atoms with Crippen LogP contribution in [0.1, 0.15) is 27.9 Å². The Morgan fingerprint density at radius 2 is 2.13 bits per heavy atom. The molecule has 0 aromatic heterocycles. The number of alkyl halides is 2. The Hall–Kier alpha value is -1.48. The van der Waals surface area contributed by atoms with Crippen LogP contribution >= 0.6 is 15.9 Å². The van der Waals surface area contributed by atoms with Crippen molar-refractivity contribution in [3.63, 3.8) is 0 Å². The molecule has 1 aromatic rings. The van der Waals surface area contributed by atoms with Gasteiger partial charge in [0, 0.05) is 4.47 Å². The predicted molar refractivity (Wildman–Crippen MR) is 50.8 cm³/mol. The van der Waals surface area contributed by atoms with Crippen LogP contribution < -0.4 is 0 Å². The van der Waals surface area contributed by atoms with Gasteiger partial charge in [0.05, 0.1) is 16.7 Å². The summed E-state index contributed by atoms with van der Waals surface area (Å²) in [7, 11) is 0. The number of carbonyl (C=O) groups is 1. The first-order chi connectivity index (χ1) is 6.99. The summed E-state index contributed by atoms with van der Waals surface area (Å²) in [5.74, 6) is -1.40. The van der Waals surface area contributed by atoms with Crippen molar-refractivity contribution in [3.05, 3.63) is 33.3 Å². The Bertz CT molecular complexity index is 454. The van der Waals surface area contributed by atoms with Crippen LogP contribution in [0.15, 0.2) is 16.6 Å². The average molecular weight is 276 g/mol.